The molecular formula is C58H37NO. The Morgan fingerprint density at radius 1 is 0.300 bits per heavy atom. The molecule has 12 aromatic rings. The topological polar surface area (TPSA) is 16.4 Å². The Labute approximate surface area is 347 Å². The van der Waals surface area contributed by atoms with Gasteiger partial charge in [-0.25, -0.2) is 0 Å². The molecule has 0 aliphatic heterocycles. The van der Waals surface area contributed by atoms with Crippen molar-refractivity contribution in [3.8, 4) is 33.4 Å². The third-order valence-corrected chi connectivity index (χ3v) is 12.2. The Bertz CT molecular complexity index is 3580. The van der Waals surface area contributed by atoms with Gasteiger partial charge in [0.2, 0.25) is 0 Å². The SMILES string of the molecule is c1ccc(-c2ccc(-c3ccc(N(c4ccc(-c5ccc6ccc7ccccc7c6c5)cc4)c4cccc5ccc6ccccc6c45)c4c3oc3ccccc34)cc2)cc1. The molecule has 0 aliphatic carbocycles. The summed E-state index contributed by atoms with van der Waals surface area (Å²) in [6.07, 6.45) is 0. The van der Waals surface area contributed by atoms with Crippen molar-refractivity contribution in [1.29, 1.82) is 0 Å². The van der Waals surface area contributed by atoms with Crippen molar-refractivity contribution in [2.24, 2.45) is 0 Å². The van der Waals surface area contributed by atoms with Crippen LogP contribution in [0.2, 0.25) is 0 Å². The second-order valence-electron chi connectivity index (χ2n) is 15.6. The number of rotatable bonds is 6. The van der Waals surface area contributed by atoms with Crippen molar-refractivity contribution in [2.45, 2.75) is 0 Å². The van der Waals surface area contributed by atoms with Crippen LogP contribution in [0.5, 0.6) is 0 Å². The van der Waals surface area contributed by atoms with Crippen LogP contribution in [0, 0.1) is 0 Å². The Kier molecular flexibility index (Phi) is 7.89. The van der Waals surface area contributed by atoms with E-state index in [1.54, 1.807) is 0 Å². The first-order valence-corrected chi connectivity index (χ1v) is 20.6. The maximum Gasteiger partial charge on any atom is 0.145 e. The van der Waals surface area contributed by atoms with Crippen LogP contribution in [0.15, 0.2) is 229 Å². The predicted molar refractivity (Wildman–Crippen MR) is 255 cm³/mol. The smallest absolute Gasteiger partial charge is 0.145 e. The first-order chi connectivity index (χ1) is 29.7. The first-order valence-electron chi connectivity index (χ1n) is 20.6. The van der Waals surface area contributed by atoms with Crippen molar-refractivity contribution in [3.05, 3.63) is 224 Å². The molecule has 0 saturated carbocycles. The first kappa shape index (κ1) is 34.1. The molecule has 0 aliphatic rings. The molecule has 0 saturated heterocycles. The number of fused-ring (bicyclic) bond motifs is 9. The van der Waals surface area contributed by atoms with E-state index in [4.69, 9.17) is 4.42 Å². The lowest BCUT2D eigenvalue weighted by Crippen LogP contribution is -2.11. The van der Waals surface area contributed by atoms with Crippen molar-refractivity contribution in [3.63, 3.8) is 0 Å². The summed E-state index contributed by atoms with van der Waals surface area (Å²) < 4.78 is 6.89. The van der Waals surface area contributed by atoms with E-state index < -0.39 is 0 Å². The zero-order chi connectivity index (χ0) is 39.6. The fourth-order valence-electron chi connectivity index (χ4n) is 9.32. The molecule has 0 bridgehead atoms. The fourth-order valence-corrected chi connectivity index (χ4v) is 9.32. The standard InChI is InChI=1S/C58H37NO/c1-2-11-38(12-3-1)39-21-23-43(24-22-39)50-35-36-54(57-51-18-8-9-20-55(51)60-58(50)57)59(53-19-10-15-45-29-27-42-14-5-7-17-49(42)56(45)53)47-33-31-40(32-34-47)46-30-28-44-26-25-41-13-4-6-16-48(41)52(44)37-46/h1-37H. The summed E-state index contributed by atoms with van der Waals surface area (Å²) in [5.74, 6) is 0. The van der Waals surface area contributed by atoms with Gasteiger partial charge in [0.05, 0.1) is 16.8 Å². The fraction of sp³-hybridized carbons (Fsp3) is 0. The number of benzene rings is 11. The largest absolute Gasteiger partial charge is 0.455 e. The van der Waals surface area contributed by atoms with Crippen molar-refractivity contribution in [2.75, 3.05) is 4.90 Å². The summed E-state index contributed by atoms with van der Waals surface area (Å²) in [7, 11) is 0. The maximum atomic E-state index is 6.89. The van der Waals surface area contributed by atoms with Crippen LogP contribution in [0.25, 0.3) is 98.4 Å². The third-order valence-electron chi connectivity index (χ3n) is 12.2. The number of nitrogens with zero attached hydrogens (tertiary/aromatic N) is 1. The average molecular weight is 764 g/mol. The van der Waals surface area contributed by atoms with Crippen LogP contribution in [-0.4, -0.2) is 0 Å². The highest BCUT2D eigenvalue weighted by molar-refractivity contribution is 6.20. The van der Waals surface area contributed by atoms with E-state index in [0.29, 0.717) is 0 Å². The lowest BCUT2D eigenvalue weighted by Gasteiger charge is -2.28. The number of hydrogen-bond donors (Lipinski definition) is 0. The molecule has 0 spiro atoms. The van der Waals surface area contributed by atoms with E-state index in [0.717, 1.165) is 50.1 Å². The molecule has 280 valence electrons. The average Bonchev–Trinajstić information content (AvgIpc) is 3.72. The highest BCUT2D eigenvalue weighted by Gasteiger charge is 2.24. The summed E-state index contributed by atoms with van der Waals surface area (Å²) in [5.41, 5.74) is 11.9. The van der Waals surface area contributed by atoms with Gasteiger partial charge in [-0.1, -0.05) is 182 Å². The number of hydrogen-bond acceptors (Lipinski definition) is 2. The lowest BCUT2D eigenvalue weighted by molar-refractivity contribution is 0.670. The van der Waals surface area contributed by atoms with E-state index in [9.17, 15) is 0 Å². The molecule has 0 amide bonds. The molecule has 0 fully saturated rings. The zero-order valence-electron chi connectivity index (χ0n) is 32.7. The molecule has 60 heavy (non-hydrogen) atoms. The summed E-state index contributed by atoms with van der Waals surface area (Å²) in [5, 5.41) is 12.0. The number of para-hydroxylation sites is 1. The molecule has 1 aromatic heterocycles. The summed E-state index contributed by atoms with van der Waals surface area (Å²) >= 11 is 0. The van der Waals surface area contributed by atoms with Gasteiger partial charge in [-0.05, 0) is 108 Å². The van der Waals surface area contributed by atoms with Crippen LogP contribution in [0.3, 0.4) is 0 Å². The summed E-state index contributed by atoms with van der Waals surface area (Å²) in [4.78, 5) is 2.44. The molecular weight excluding hydrogens is 727 g/mol. The normalized spacial score (nSPS) is 11.7. The van der Waals surface area contributed by atoms with Crippen LogP contribution >= 0.6 is 0 Å². The minimum absolute atomic E-state index is 0.865. The highest BCUT2D eigenvalue weighted by atomic mass is 16.3. The van der Waals surface area contributed by atoms with Crippen LogP contribution in [-0.2, 0) is 0 Å². The molecule has 0 N–H and O–H groups in total. The van der Waals surface area contributed by atoms with Crippen molar-refractivity contribution >= 4 is 82.1 Å². The van der Waals surface area contributed by atoms with Crippen LogP contribution < -0.4 is 4.90 Å². The summed E-state index contributed by atoms with van der Waals surface area (Å²) in [6.45, 7) is 0. The van der Waals surface area contributed by atoms with E-state index in [1.165, 1.54) is 65.3 Å². The molecule has 2 heteroatoms. The van der Waals surface area contributed by atoms with Gasteiger partial charge in [-0.15, -0.1) is 0 Å². The third kappa shape index (κ3) is 5.57. The molecule has 0 atom stereocenters. The van der Waals surface area contributed by atoms with Gasteiger partial charge >= 0.3 is 0 Å². The Hall–Kier alpha value is -7.94. The minimum atomic E-state index is 0.865. The monoisotopic (exact) mass is 763 g/mol. The molecule has 2 nitrogen and oxygen atoms in total. The Morgan fingerprint density at radius 3 is 1.63 bits per heavy atom. The van der Waals surface area contributed by atoms with Gasteiger partial charge in [0.25, 0.3) is 0 Å². The van der Waals surface area contributed by atoms with E-state index in [1.807, 2.05) is 0 Å². The van der Waals surface area contributed by atoms with Gasteiger partial charge < -0.3 is 9.32 Å². The van der Waals surface area contributed by atoms with Crippen molar-refractivity contribution < 1.29 is 4.42 Å². The number of anilines is 3. The quantitative estimate of drug-likeness (QED) is 0.157. The van der Waals surface area contributed by atoms with Gasteiger partial charge in [0.1, 0.15) is 11.2 Å². The highest BCUT2D eigenvalue weighted by Crippen LogP contribution is 2.48. The van der Waals surface area contributed by atoms with Gasteiger partial charge in [-0.3, -0.25) is 0 Å². The molecule has 12 rings (SSSR count). The summed E-state index contributed by atoms with van der Waals surface area (Å²) in [6, 6.07) is 81.2. The van der Waals surface area contributed by atoms with Crippen molar-refractivity contribution in [1.82, 2.24) is 0 Å². The molecule has 1 heterocycles. The Morgan fingerprint density at radius 2 is 0.833 bits per heavy atom. The van der Waals surface area contributed by atoms with E-state index >= 15 is 0 Å². The van der Waals surface area contributed by atoms with Crippen LogP contribution in [0.1, 0.15) is 0 Å². The molecule has 11 aromatic carbocycles. The van der Waals surface area contributed by atoms with E-state index in [-0.39, 0.29) is 0 Å². The van der Waals surface area contributed by atoms with E-state index in [2.05, 4.69) is 229 Å². The minimum Gasteiger partial charge on any atom is -0.455 e. The van der Waals surface area contributed by atoms with Crippen LogP contribution in [0.4, 0.5) is 17.1 Å². The lowest BCUT2D eigenvalue weighted by atomic mass is 9.96. The maximum absolute atomic E-state index is 6.89. The molecule has 0 radical (unpaired) electrons. The second-order valence-corrected chi connectivity index (χ2v) is 15.6. The zero-order valence-corrected chi connectivity index (χ0v) is 32.7. The second kappa shape index (κ2) is 13.9. The van der Waals surface area contributed by atoms with Gasteiger partial charge in [0.15, 0.2) is 0 Å². The van der Waals surface area contributed by atoms with Gasteiger partial charge in [-0.2, -0.15) is 0 Å². The predicted octanol–water partition coefficient (Wildman–Crippen LogP) is 16.7. The number of furan rings is 1. The molecule has 0 unspecified atom stereocenters. The van der Waals surface area contributed by atoms with Gasteiger partial charge in [0, 0.05) is 22.0 Å². The Balaban J connectivity index is 1.07.